The number of benzene rings is 2. The maximum Gasteiger partial charge on any atom is 0.278 e. The van der Waals surface area contributed by atoms with Crippen LogP contribution in [0.4, 0.5) is 5.69 Å². The Morgan fingerprint density at radius 3 is 2.19 bits per heavy atom. The summed E-state index contributed by atoms with van der Waals surface area (Å²) in [6.45, 7) is 7.06. The van der Waals surface area contributed by atoms with Gasteiger partial charge >= 0.3 is 0 Å². The highest BCUT2D eigenvalue weighted by Gasteiger charge is 2.20. The van der Waals surface area contributed by atoms with Crippen molar-refractivity contribution in [1.82, 2.24) is 24.8 Å². The fourth-order valence-corrected chi connectivity index (χ4v) is 3.62. The Bertz CT molecular complexity index is 1180. The van der Waals surface area contributed by atoms with Gasteiger partial charge in [-0.15, -0.1) is 5.10 Å². The molecule has 31 heavy (non-hydrogen) atoms. The summed E-state index contributed by atoms with van der Waals surface area (Å²) in [6, 6.07) is 20.3. The highest BCUT2D eigenvalue weighted by molar-refractivity contribution is 6.04. The molecule has 0 spiro atoms. The van der Waals surface area contributed by atoms with E-state index in [2.05, 4.69) is 32.9 Å². The molecular formula is C24H26N6O. The highest BCUT2D eigenvalue weighted by Crippen LogP contribution is 2.21. The standard InChI is InChI=1S/C24H26N6O/c1-17-22(18(2)29(27-17)15-14-20-10-6-4-7-11-20)25-24(31)23-19(3)30(28-26-23)16-21-12-8-5-9-13-21/h4-13H,14-16H2,1-3H3,(H,25,31). The van der Waals surface area contributed by atoms with E-state index in [1.54, 1.807) is 4.68 Å². The van der Waals surface area contributed by atoms with Crippen molar-refractivity contribution >= 4 is 11.6 Å². The van der Waals surface area contributed by atoms with Crippen molar-refractivity contribution in [3.8, 4) is 0 Å². The van der Waals surface area contributed by atoms with Gasteiger partial charge in [-0.1, -0.05) is 65.9 Å². The maximum atomic E-state index is 12.9. The number of nitrogens with one attached hydrogen (secondary N) is 1. The zero-order valence-electron chi connectivity index (χ0n) is 18.0. The van der Waals surface area contributed by atoms with Gasteiger partial charge in [0.25, 0.3) is 5.91 Å². The fraction of sp³-hybridized carbons (Fsp3) is 0.250. The van der Waals surface area contributed by atoms with Gasteiger partial charge in [-0.2, -0.15) is 5.10 Å². The summed E-state index contributed by atoms with van der Waals surface area (Å²) in [7, 11) is 0. The minimum atomic E-state index is -0.273. The second-order valence-corrected chi connectivity index (χ2v) is 7.63. The molecule has 2 aromatic carbocycles. The van der Waals surface area contributed by atoms with Crippen molar-refractivity contribution in [1.29, 1.82) is 0 Å². The summed E-state index contributed by atoms with van der Waals surface area (Å²) in [5.41, 5.74) is 5.86. The number of carbonyl (C=O) groups excluding carboxylic acids is 1. The topological polar surface area (TPSA) is 77.6 Å². The minimum absolute atomic E-state index is 0.273. The van der Waals surface area contributed by atoms with Gasteiger partial charge < -0.3 is 5.32 Å². The number of nitrogens with zero attached hydrogens (tertiary/aromatic N) is 5. The molecule has 1 N–H and O–H groups in total. The van der Waals surface area contributed by atoms with Crippen LogP contribution in [0.3, 0.4) is 0 Å². The Balaban J connectivity index is 1.47. The van der Waals surface area contributed by atoms with E-state index in [9.17, 15) is 4.79 Å². The number of amides is 1. The van der Waals surface area contributed by atoms with E-state index in [0.29, 0.717) is 12.2 Å². The van der Waals surface area contributed by atoms with Crippen LogP contribution < -0.4 is 5.32 Å². The molecule has 1 amide bonds. The predicted octanol–water partition coefficient (Wildman–Crippen LogP) is 3.94. The lowest BCUT2D eigenvalue weighted by Crippen LogP contribution is -2.16. The molecule has 0 aliphatic rings. The van der Waals surface area contributed by atoms with Crippen molar-refractivity contribution in [3.63, 3.8) is 0 Å². The van der Waals surface area contributed by atoms with Crippen LogP contribution in [0.2, 0.25) is 0 Å². The number of hydrogen-bond acceptors (Lipinski definition) is 4. The number of carbonyl (C=O) groups is 1. The number of hydrogen-bond donors (Lipinski definition) is 1. The smallest absolute Gasteiger partial charge is 0.278 e. The molecular weight excluding hydrogens is 388 g/mol. The molecule has 0 unspecified atom stereocenters. The van der Waals surface area contributed by atoms with Crippen molar-refractivity contribution in [2.24, 2.45) is 0 Å². The summed E-state index contributed by atoms with van der Waals surface area (Å²) in [4.78, 5) is 12.9. The van der Waals surface area contributed by atoms with Gasteiger partial charge in [0.1, 0.15) is 0 Å². The summed E-state index contributed by atoms with van der Waals surface area (Å²) < 4.78 is 3.68. The van der Waals surface area contributed by atoms with E-state index in [1.807, 2.05) is 74.0 Å². The summed E-state index contributed by atoms with van der Waals surface area (Å²) in [5, 5.41) is 15.9. The Morgan fingerprint density at radius 1 is 0.871 bits per heavy atom. The predicted molar refractivity (Wildman–Crippen MR) is 120 cm³/mol. The zero-order valence-corrected chi connectivity index (χ0v) is 18.0. The molecule has 4 aromatic rings. The van der Waals surface area contributed by atoms with Gasteiger partial charge in [0.15, 0.2) is 5.69 Å². The van der Waals surface area contributed by atoms with Crippen molar-refractivity contribution in [3.05, 3.63) is 94.6 Å². The average Bonchev–Trinajstić information content (AvgIpc) is 3.28. The molecule has 0 bridgehead atoms. The Labute approximate surface area is 181 Å². The van der Waals surface area contributed by atoms with E-state index < -0.39 is 0 Å². The molecule has 2 aromatic heterocycles. The second-order valence-electron chi connectivity index (χ2n) is 7.63. The van der Waals surface area contributed by atoms with Gasteiger partial charge in [0.05, 0.1) is 29.3 Å². The van der Waals surface area contributed by atoms with Gasteiger partial charge in [-0.3, -0.25) is 9.48 Å². The lowest BCUT2D eigenvalue weighted by Gasteiger charge is -2.07. The summed E-state index contributed by atoms with van der Waals surface area (Å²) in [6.07, 6.45) is 0.878. The third-order valence-electron chi connectivity index (χ3n) is 5.45. The first-order valence-electron chi connectivity index (χ1n) is 10.4. The lowest BCUT2D eigenvalue weighted by molar-refractivity contribution is 0.102. The first kappa shape index (κ1) is 20.5. The van der Waals surface area contributed by atoms with Crippen molar-refractivity contribution in [2.75, 3.05) is 5.32 Å². The van der Waals surface area contributed by atoms with E-state index in [4.69, 9.17) is 0 Å². The molecule has 0 atom stereocenters. The van der Waals surface area contributed by atoms with Crippen LogP contribution in [0.15, 0.2) is 60.7 Å². The van der Waals surface area contributed by atoms with Crippen LogP contribution in [0.5, 0.6) is 0 Å². The monoisotopic (exact) mass is 414 g/mol. The van der Waals surface area contributed by atoms with Crippen LogP contribution in [0.1, 0.15) is 38.7 Å². The van der Waals surface area contributed by atoms with Gasteiger partial charge in [-0.05, 0) is 38.3 Å². The van der Waals surface area contributed by atoms with Gasteiger partial charge in [0.2, 0.25) is 0 Å². The number of aromatic nitrogens is 5. The maximum absolute atomic E-state index is 12.9. The third-order valence-corrected chi connectivity index (χ3v) is 5.45. The minimum Gasteiger partial charge on any atom is -0.317 e. The summed E-state index contributed by atoms with van der Waals surface area (Å²) in [5.74, 6) is -0.273. The van der Waals surface area contributed by atoms with Crippen molar-refractivity contribution in [2.45, 2.75) is 40.3 Å². The van der Waals surface area contributed by atoms with E-state index in [1.165, 1.54) is 5.56 Å². The first-order valence-corrected chi connectivity index (χ1v) is 10.4. The van der Waals surface area contributed by atoms with Crippen LogP contribution in [0, 0.1) is 20.8 Å². The SMILES string of the molecule is Cc1nn(CCc2ccccc2)c(C)c1NC(=O)c1nnn(Cc2ccccc2)c1C. The molecule has 7 nitrogen and oxygen atoms in total. The molecule has 0 aliphatic carbocycles. The van der Waals surface area contributed by atoms with Crippen LogP contribution in [-0.4, -0.2) is 30.7 Å². The normalized spacial score (nSPS) is 10.9. The Hall–Kier alpha value is -3.74. The molecule has 0 radical (unpaired) electrons. The number of rotatable bonds is 7. The number of aryl methyl sites for hydroxylation is 3. The van der Waals surface area contributed by atoms with Crippen LogP contribution >= 0.6 is 0 Å². The summed E-state index contributed by atoms with van der Waals surface area (Å²) >= 11 is 0. The first-order chi connectivity index (χ1) is 15.0. The van der Waals surface area contributed by atoms with Crippen LogP contribution in [0.25, 0.3) is 0 Å². The number of anilines is 1. The lowest BCUT2D eigenvalue weighted by atomic mass is 10.1. The molecule has 0 aliphatic heterocycles. The average molecular weight is 415 g/mol. The van der Waals surface area contributed by atoms with Gasteiger partial charge in [-0.25, -0.2) is 4.68 Å². The largest absolute Gasteiger partial charge is 0.317 e. The molecule has 7 heteroatoms. The molecule has 0 saturated carbocycles. The fourth-order valence-electron chi connectivity index (χ4n) is 3.62. The molecule has 2 heterocycles. The Morgan fingerprint density at radius 2 is 1.52 bits per heavy atom. The van der Waals surface area contributed by atoms with E-state index >= 15 is 0 Å². The second kappa shape index (κ2) is 8.95. The Kier molecular flexibility index (Phi) is 5.93. The van der Waals surface area contributed by atoms with E-state index in [0.717, 1.165) is 41.3 Å². The van der Waals surface area contributed by atoms with Crippen LogP contribution in [-0.2, 0) is 19.5 Å². The molecule has 0 fully saturated rings. The molecule has 4 rings (SSSR count). The highest BCUT2D eigenvalue weighted by atomic mass is 16.2. The van der Waals surface area contributed by atoms with Gasteiger partial charge in [0, 0.05) is 6.54 Å². The molecule has 0 saturated heterocycles. The van der Waals surface area contributed by atoms with Crippen molar-refractivity contribution < 1.29 is 4.79 Å². The zero-order chi connectivity index (χ0) is 21.8. The quantitative estimate of drug-likeness (QED) is 0.497. The third kappa shape index (κ3) is 4.55. The van der Waals surface area contributed by atoms with E-state index in [-0.39, 0.29) is 5.91 Å². The molecule has 158 valence electrons.